The molecule has 1 atom stereocenters. The number of hydrogen-bond acceptors (Lipinski definition) is 1. The van der Waals surface area contributed by atoms with E-state index in [1.807, 2.05) is 49.4 Å². The second-order valence-electron chi connectivity index (χ2n) is 5.03. The molecule has 3 rings (SSSR count). The third-order valence-corrected chi connectivity index (χ3v) is 3.61. The zero-order chi connectivity index (χ0) is 14.8. The lowest BCUT2D eigenvalue weighted by Gasteiger charge is -2.18. The molecule has 1 unspecified atom stereocenters. The summed E-state index contributed by atoms with van der Waals surface area (Å²) in [7, 11) is 0. The fourth-order valence-electron chi connectivity index (χ4n) is 2.56. The van der Waals surface area contributed by atoms with Crippen LogP contribution < -0.4 is 5.32 Å². The Morgan fingerprint density at radius 3 is 2.19 bits per heavy atom. The Balaban J connectivity index is 2.00. The van der Waals surface area contributed by atoms with Gasteiger partial charge in [-0.1, -0.05) is 48.5 Å². The first-order valence-electron chi connectivity index (χ1n) is 6.85. The van der Waals surface area contributed by atoms with Crippen molar-refractivity contribution >= 4 is 16.5 Å². The Morgan fingerprint density at radius 1 is 0.810 bits per heavy atom. The van der Waals surface area contributed by atoms with Crippen molar-refractivity contribution in [3.63, 3.8) is 0 Å². The van der Waals surface area contributed by atoms with E-state index >= 15 is 0 Å². The molecule has 0 spiro atoms. The number of hydrogen-bond donors (Lipinski definition) is 1. The summed E-state index contributed by atoms with van der Waals surface area (Å²) in [5.74, 6) is -1.16. The number of nitrogens with one attached hydrogen (secondary N) is 1. The maximum absolute atomic E-state index is 13.7. The standard InChI is InChI=1S/C18H15F2N/c1-12(21-18-16(19)10-5-11-17(18)20)14-9-4-7-13-6-2-3-8-15(13)14/h2-12,21H,1H3. The average Bonchev–Trinajstić information content (AvgIpc) is 2.50. The normalized spacial score (nSPS) is 12.3. The Labute approximate surface area is 122 Å². The van der Waals surface area contributed by atoms with Crippen LogP contribution in [-0.2, 0) is 0 Å². The van der Waals surface area contributed by atoms with E-state index in [2.05, 4.69) is 5.32 Å². The van der Waals surface area contributed by atoms with Gasteiger partial charge >= 0.3 is 0 Å². The smallest absolute Gasteiger partial charge is 0.149 e. The fraction of sp³-hybridized carbons (Fsp3) is 0.111. The molecule has 0 heterocycles. The summed E-state index contributed by atoms with van der Waals surface area (Å²) in [6.45, 7) is 1.90. The summed E-state index contributed by atoms with van der Waals surface area (Å²) in [5, 5.41) is 5.13. The summed E-state index contributed by atoms with van der Waals surface area (Å²) in [6, 6.07) is 17.6. The highest BCUT2D eigenvalue weighted by molar-refractivity contribution is 5.86. The lowest BCUT2D eigenvalue weighted by molar-refractivity contribution is 0.584. The Kier molecular flexibility index (Phi) is 3.57. The Bertz CT molecular complexity index is 758. The Morgan fingerprint density at radius 2 is 1.43 bits per heavy atom. The zero-order valence-corrected chi connectivity index (χ0v) is 11.6. The number of rotatable bonds is 3. The molecule has 3 heteroatoms. The number of benzene rings is 3. The SMILES string of the molecule is CC(Nc1c(F)cccc1F)c1cccc2ccccc12. The molecule has 0 aliphatic rings. The molecule has 3 aromatic rings. The molecule has 1 N–H and O–H groups in total. The average molecular weight is 283 g/mol. The third-order valence-electron chi connectivity index (χ3n) is 3.61. The van der Waals surface area contributed by atoms with Crippen molar-refractivity contribution in [2.75, 3.05) is 5.32 Å². The second-order valence-corrected chi connectivity index (χ2v) is 5.03. The molecule has 0 saturated carbocycles. The van der Waals surface area contributed by atoms with E-state index in [1.165, 1.54) is 18.2 Å². The van der Waals surface area contributed by atoms with Crippen molar-refractivity contribution in [1.29, 1.82) is 0 Å². The maximum Gasteiger partial charge on any atom is 0.149 e. The zero-order valence-electron chi connectivity index (χ0n) is 11.6. The molecule has 0 aromatic heterocycles. The summed E-state index contributed by atoms with van der Waals surface area (Å²) < 4.78 is 27.5. The van der Waals surface area contributed by atoms with Gasteiger partial charge in [-0.15, -0.1) is 0 Å². The van der Waals surface area contributed by atoms with Crippen molar-refractivity contribution < 1.29 is 8.78 Å². The van der Waals surface area contributed by atoms with E-state index in [4.69, 9.17) is 0 Å². The largest absolute Gasteiger partial charge is 0.374 e. The molecule has 0 bridgehead atoms. The van der Waals surface area contributed by atoms with Gasteiger partial charge in [0.1, 0.15) is 17.3 Å². The van der Waals surface area contributed by atoms with Crippen LogP contribution in [0.15, 0.2) is 60.7 Å². The molecule has 0 aliphatic carbocycles. The maximum atomic E-state index is 13.7. The summed E-state index contributed by atoms with van der Waals surface area (Å²) in [6.07, 6.45) is 0. The van der Waals surface area contributed by atoms with Gasteiger partial charge in [-0.3, -0.25) is 0 Å². The van der Waals surface area contributed by atoms with E-state index in [9.17, 15) is 8.78 Å². The van der Waals surface area contributed by atoms with Crippen LogP contribution >= 0.6 is 0 Å². The van der Waals surface area contributed by atoms with Gasteiger partial charge < -0.3 is 5.32 Å². The van der Waals surface area contributed by atoms with Gasteiger partial charge in [-0.25, -0.2) is 8.78 Å². The molecule has 1 nitrogen and oxygen atoms in total. The van der Waals surface area contributed by atoms with Gasteiger partial charge in [-0.05, 0) is 35.4 Å². The van der Waals surface area contributed by atoms with Gasteiger partial charge in [0.15, 0.2) is 0 Å². The lowest BCUT2D eigenvalue weighted by atomic mass is 9.99. The first-order valence-corrected chi connectivity index (χ1v) is 6.85. The fourth-order valence-corrected chi connectivity index (χ4v) is 2.56. The highest BCUT2D eigenvalue weighted by Gasteiger charge is 2.14. The predicted molar refractivity (Wildman–Crippen MR) is 82.3 cm³/mol. The number of para-hydroxylation sites is 1. The van der Waals surface area contributed by atoms with Crippen molar-refractivity contribution in [3.8, 4) is 0 Å². The highest BCUT2D eigenvalue weighted by Crippen LogP contribution is 2.28. The van der Waals surface area contributed by atoms with Crippen LogP contribution in [0, 0.1) is 11.6 Å². The van der Waals surface area contributed by atoms with E-state index < -0.39 is 11.6 Å². The molecule has 21 heavy (non-hydrogen) atoms. The van der Waals surface area contributed by atoms with E-state index in [1.54, 1.807) is 0 Å². The van der Waals surface area contributed by atoms with E-state index in [0.29, 0.717) is 0 Å². The third kappa shape index (κ3) is 2.59. The number of anilines is 1. The van der Waals surface area contributed by atoms with Gasteiger partial charge in [0.05, 0.1) is 0 Å². The summed E-state index contributed by atoms with van der Waals surface area (Å²) in [4.78, 5) is 0. The Hall–Kier alpha value is -2.42. The lowest BCUT2D eigenvalue weighted by Crippen LogP contribution is -2.10. The molecule has 0 aliphatic heterocycles. The first-order chi connectivity index (χ1) is 10.2. The predicted octanol–water partition coefficient (Wildman–Crippen LogP) is 5.29. The molecule has 0 fully saturated rings. The van der Waals surface area contributed by atoms with Crippen molar-refractivity contribution in [1.82, 2.24) is 0 Å². The minimum absolute atomic E-state index is 0.0852. The van der Waals surface area contributed by atoms with Crippen molar-refractivity contribution in [3.05, 3.63) is 77.9 Å². The van der Waals surface area contributed by atoms with Gasteiger partial charge in [0.2, 0.25) is 0 Å². The molecule has 3 aromatic carbocycles. The van der Waals surface area contributed by atoms with Gasteiger partial charge in [0, 0.05) is 6.04 Å². The number of fused-ring (bicyclic) bond motifs is 1. The van der Waals surface area contributed by atoms with Crippen LogP contribution in [0.25, 0.3) is 10.8 Å². The van der Waals surface area contributed by atoms with Crippen LogP contribution in [0.1, 0.15) is 18.5 Å². The van der Waals surface area contributed by atoms with E-state index in [-0.39, 0.29) is 11.7 Å². The van der Waals surface area contributed by atoms with Crippen LogP contribution in [0.5, 0.6) is 0 Å². The topological polar surface area (TPSA) is 12.0 Å². The summed E-state index contributed by atoms with van der Waals surface area (Å²) in [5.41, 5.74) is 0.925. The monoisotopic (exact) mass is 283 g/mol. The first kappa shape index (κ1) is 13.6. The van der Waals surface area contributed by atoms with Crippen LogP contribution in [0.2, 0.25) is 0 Å². The highest BCUT2D eigenvalue weighted by atomic mass is 19.1. The minimum Gasteiger partial charge on any atom is -0.374 e. The summed E-state index contributed by atoms with van der Waals surface area (Å²) >= 11 is 0. The van der Waals surface area contributed by atoms with Crippen molar-refractivity contribution in [2.24, 2.45) is 0 Å². The minimum atomic E-state index is -0.581. The molecule has 106 valence electrons. The molecular formula is C18H15F2N. The second kappa shape index (κ2) is 5.52. The van der Waals surface area contributed by atoms with Crippen molar-refractivity contribution in [2.45, 2.75) is 13.0 Å². The molecular weight excluding hydrogens is 268 g/mol. The molecule has 0 saturated heterocycles. The molecule has 0 amide bonds. The number of halogens is 2. The van der Waals surface area contributed by atoms with Crippen LogP contribution in [0.4, 0.5) is 14.5 Å². The van der Waals surface area contributed by atoms with Crippen LogP contribution in [0.3, 0.4) is 0 Å². The van der Waals surface area contributed by atoms with Gasteiger partial charge in [0.25, 0.3) is 0 Å². The molecule has 0 radical (unpaired) electrons. The van der Waals surface area contributed by atoms with Gasteiger partial charge in [-0.2, -0.15) is 0 Å². The quantitative estimate of drug-likeness (QED) is 0.688. The van der Waals surface area contributed by atoms with Crippen LogP contribution in [-0.4, -0.2) is 0 Å². The van der Waals surface area contributed by atoms with E-state index in [0.717, 1.165) is 16.3 Å².